The van der Waals surface area contributed by atoms with Gasteiger partial charge in [0, 0.05) is 5.54 Å². The summed E-state index contributed by atoms with van der Waals surface area (Å²) in [5.41, 5.74) is 0.178. The molecule has 0 aromatic rings. The van der Waals surface area contributed by atoms with E-state index in [2.05, 4.69) is 15.5 Å². The molecule has 0 spiro atoms. The van der Waals surface area contributed by atoms with Gasteiger partial charge >= 0.3 is 0 Å². The third-order valence-corrected chi connectivity index (χ3v) is 7.32. The maximum atomic E-state index is 12.7. The van der Waals surface area contributed by atoms with Gasteiger partial charge in [-0.3, -0.25) is 9.69 Å². The van der Waals surface area contributed by atoms with Crippen molar-refractivity contribution in [3.05, 3.63) is 0 Å². The molecule has 4 nitrogen and oxygen atoms in total. The van der Waals surface area contributed by atoms with Gasteiger partial charge < -0.3 is 10.6 Å². The SMILES string of the molecule is CNCCC1CCN(CC(=O)NC23CC4CC(CC(C4)C2)C3)CC1.Cl. The lowest BCUT2D eigenvalue weighted by atomic mass is 9.53. The topological polar surface area (TPSA) is 44.4 Å². The summed E-state index contributed by atoms with van der Waals surface area (Å²) in [5, 5.41) is 6.78. The molecule has 4 saturated carbocycles. The van der Waals surface area contributed by atoms with Gasteiger partial charge in [0.05, 0.1) is 6.54 Å². The number of carbonyl (C=O) groups is 1. The van der Waals surface area contributed by atoms with Crippen molar-refractivity contribution in [1.29, 1.82) is 0 Å². The predicted octanol–water partition coefficient (Wildman–Crippen LogP) is 2.81. The maximum absolute atomic E-state index is 12.7. The van der Waals surface area contributed by atoms with E-state index in [1.165, 1.54) is 57.8 Å². The summed E-state index contributed by atoms with van der Waals surface area (Å²) in [5.74, 6) is 3.85. The molecule has 0 aromatic heterocycles. The number of likely N-dealkylation sites (tertiary alicyclic amines) is 1. The molecule has 1 heterocycles. The Bertz CT molecular complexity index is 427. The first-order valence-corrected chi connectivity index (χ1v) is 10.3. The molecule has 0 unspecified atom stereocenters. The van der Waals surface area contributed by atoms with Crippen LogP contribution in [-0.2, 0) is 4.79 Å². The number of rotatable bonds is 6. The summed E-state index contributed by atoms with van der Waals surface area (Å²) in [6.45, 7) is 3.95. The number of carbonyl (C=O) groups excluding carboxylic acids is 1. The van der Waals surface area contributed by atoms with Crippen molar-refractivity contribution >= 4 is 18.3 Å². The zero-order valence-electron chi connectivity index (χ0n) is 15.8. The van der Waals surface area contributed by atoms with Crippen LogP contribution in [0.1, 0.15) is 57.8 Å². The molecule has 1 saturated heterocycles. The molecule has 4 aliphatic carbocycles. The molecule has 1 amide bonds. The summed E-state index contributed by atoms with van der Waals surface area (Å²) >= 11 is 0. The Morgan fingerprint density at radius 1 is 1.04 bits per heavy atom. The second-order valence-corrected chi connectivity index (χ2v) is 9.36. The molecule has 5 aliphatic rings. The second kappa shape index (κ2) is 8.14. The Kier molecular flexibility index (Phi) is 6.33. The lowest BCUT2D eigenvalue weighted by molar-refractivity contribution is -0.128. The normalized spacial score (nSPS) is 37.7. The molecule has 5 fully saturated rings. The van der Waals surface area contributed by atoms with E-state index in [1.807, 2.05) is 7.05 Å². The molecular weight excluding hydrogens is 334 g/mol. The third-order valence-electron chi connectivity index (χ3n) is 7.32. The average molecular weight is 370 g/mol. The van der Waals surface area contributed by atoms with Crippen molar-refractivity contribution in [2.24, 2.45) is 23.7 Å². The first kappa shape index (κ1) is 19.4. The Morgan fingerprint density at radius 2 is 1.60 bits per heavy atom. The molecule has 5 heteroatoms. The van der Waals surface area contributed by atoms with E-state index in [0.29, 0.717) is 12.5 Å². The van der Waals surface area contributed by atoms with E-state index in [1.54, 1.807) is 0 Å². The zero-order chi connectivity index (χ0) is 16.6. The van der Waals surface area contributed by atoms with E-state index < -0.39 is 0 Å². The predicted molar refractivity (Wildman–Crippen MR) is 104 cm³/mol. The fourth-order valence-corrected chi connectivity index (χ4v) is 6.58. The molecule has 0 aromatic carbocycles. The maximum Gasteiger partial charge on any atom is 0.234 e. The van der Waals surface area contributed by atoms with E-state index in [-0.39, 0.29) is 17.9 Å². The number of amides is 1. The van der Waals surface area contributed by atoms with Crippen molar-refractivity contribution in [2.45, 2.75) is 63.3 Å². The van der Waals surface area contributed by atoms with E-state index in [4.69, 9.17) is 0 Å². The summed E-state index contributed by atoms with van der Waals surface area (Å²) in [6, 6.07) is 0. The first-order valence-electron chi connectivity index (χ1n) is 10.3. The molecule has 25 heavy (non-hydrogen) atoms. The third kappa shape index (κ3) is 4.51. The van der Waals surface area contributed by atoms with Crippen molar-refractivity contribution in [1.82, 2.24) is 15.5 Å². The highest BCUT2D eigenvalue weighted by atomic mass is 35.5. The highest BCUT2D eigenvalue weighted by molar-refractivity contribution is 5.85. The van der Waals surface area contributed by atoms with Gasteiger partial charge in [-0.1, -0.05) is 0 Å². The Hall–Kier alpha value is -0.320. The van der Waals surface area contributed by atoms with Crippen LogP contribution < -0.4 is 10.6 Å². The quantitative estimate of drug-likeness (QED) is 0.756. The summed E-state index contributed by atoms with van der Waals surface area (Å²) < 4.78 is 0. The molecule has 144 valence electrons. The molecule has 5 rings (SSSR count). The number of halogens is 1. The second-order valence-electron chi connectivity index (χ2n) is 9.36. The summed E-state index contributed by atoms with van der Waals surface area (Å²) in [6.07, 6.45) is 11.9. The van der Waals surface area contributed by atoms with Gasteiger partial charge in [-0.05, 0) is 108 Å². The molecule has 0 atom stereocenters. The molecule has 1 aliphatic heterocycles. The first-order chi connectivity index (χ1) is 11.6. The highest BCUT2D eigenvalue weighted by Gasteiger charge is 2.51. The fraction of sp³-hybridized carbons (Fsp3) is 0.950. The van der Waals surface area contributed by atoms with Gasteiger partial charge in [-0.15, -0.1) is 12.4 Å². The van der Waals surface area contributed by atoms with Crippen LogP contribution >= 0.6 is 12.4 Å². The Morgan fingerprint density at radius 3 is 2.12 bits per heavy atom. The number of nitrogens with zero attached hydrogens (tertiary/aromatic N) is 1. The van der Waals surface area contributed by atoms with Crippen LogP contribution in [0.25, 0.3) is 0 Å². The summed E-state index contributed by atoms with van der Waals surface area (Å²) in [4.78, 5) is 15.1. The fourth-order valence-electron chi connectivity index (χ4n) is 6.58. The van der Waals surface area contributed by atoms with E-state index in [0.717, 1.165) is 43.3 Å². The van der Waals surface area contributed by atoms with Gasteiger partial charge in [0.1, 0.15) is 0 Å². The Labute approximate surface area is 159 Å². The van der Waals surface area contributed by atoms with Gasteiger partial charge in [0.25, 0.3) is 0 Å². The lowest BCUT2D eigenvalue weighted by Crippen LogP contribution is -2.61. The number of hydrogen-bond acceptors (Lipinski definition) is 3. The Balaban J connectivity index is 0.00000182. The van der Waals surface area contributed by atoms with Gasteiger partial charge in [-0.25, -0.2) is 0 Å². The van der Waals surface area contributed by atoms with Crippen molar-refractivity contribution in [3.8, 4) is 0 Å². The van der Waals surface area contributed by atoms with Crippen LogP contribution in [0.5, 0.6) is 0 Å². The van der Waals surface area contributed by atoms with Crippen molar-refractivity contribution in [2.75, 3.05) is 33.2 Å². The van der Waals surface area contributed by atoms with Gasteiger partial charge in [0.2, 0.25) is 5.91 Å². The average Bonchev–Trinajstić information content (AvgIpc) is 2.52. The molecular formula is C20H36ClN3O. The highest BCUT2D eigenvalue weighted by Crippen LogP contribution is 2.55. The monoisotopic (exact) mass is 369 g/mol. The van der Waals surface area contributed by atoms with Crippen LogP contribution in [-0.4, -0.2) is 49.6 Å². The van der Waals surface area contributed by atoms with Crippen molar-refractivity contribution in [3.63, 3.8) is 0 Å². The van der Waals surface area contributed by atoms with Crippen LogP contribution in [0, 0.1) is 23.7 Å². The molecule has 4 bridgehead atoms. The van der Waals surface area contributed by atoms with E-state index >= 15 is 0 Å². The smallest absolute Gasteiger partial charge is 0.234 e. The van der Waals surface area contributed by atoms with Crippen molar-refractivity contribution < 1.29 is 4.79 Å². The summed E-state index contributed by atoms with van der Waals surface area (Å²) in [7, 11) is 2.03. The van der Waals surface area contributed by atoms with Gasteiger partial charge in [0.15, 0.2) is 0 Å². The van der Waals surface area contributed by atoms with Gasteiger partial charge in [-0.2, -0.15) is 0 Å². The van der Waals surface area contributed by atoms with Crippen LogP contribution in [0.3, 0.4) is 0 Å². The minimum absolute atomic E-state index is 0. The van der Waals surface area contributed by atoms with Crippen LogP contribution in [0.15, 0.2) is 0 Å². The van der Waals surface area contributed by atoms with Crippen LogP contribution in [0.2, 0.25) is 0 Å². The minimum Gasteiger partial charge on any atom is -0.350 e. The zero-order valence-corrected chi connectivity index (χ0v) is 16.6. The number of nitrogens with one attached hydrogen (secondary N) is 2. The lowest BCUT2D eigenvalue weighted by Gasteiger charge is -2.57. The molecule has 0 radical (unpaired) electrons. The molecule has 2 N–H and O–H groups in total. The number of hydrogen-bond donors (Lipinski definition) is 2. The minimum atomic E-state index is 0. The van der Waals surface area contributed by atoms with Crippen LogP contribution in [0.4, 0.5) is 0 Å². The number of piperidine rings is 1. The largest absolute Gasteiger partial charge is 0.350 e. The standard InChI is InChI=1S/C20H35N3O.ClH/c1-21-5-2-15-3-6-23(7-4-15)14-19(24)22-20-11-16-8-17(12-20)10-18(9-16)13-20;/h15-18,21H,2-14H2,1H3,(H,22,24);1H. The van der Waals surface area contributed by atoms with E-state index in [9.17, 15) is 4.79 Å².